The van der Waals surface area contributed by atoms with Crippen LogP contribution >= 0.6 is 0 Å². The quantitative estimate of drug-likeness (QED) is 0.813. The van der Waals surface area contributed by atoms with Gasteiger partial charge in [0.1, 0.15) is 0 Å². The predicted molar refractivity (Wildman–Crippen MR) is 71.9 cm³/mol. The molecule has 1 aliphatic heterocycles. The van der Waals surface area contributed by atoms with E-state index in [1.54, 1.807) is 11.1 Å². The van der Waals surface area contributed by atoms with E-state index >= 15 is 0 Å². The molecule has 2 rings (SSSR count). The number of nitrogens with zero attached hydrogens (tertiary/aromatic N) is 1. The van der Waals surface area contributed by atoms with E-state index in [2.05, 4.69) is 24.0 Å². The minimum absolute atomic E-state index is 0.298. The molecule has 0 aromatic rings. The number of rotatable bonds is 3. The Balaban J connectivity index is 1.91. The van der Waals surface area contributed by atoms with Crippen molar-refractivity contribution in [1.29, 1.82) is 0 Å². The van der Waals surface area contributed by atoms with E-state index in [0.29, 0.717) is 6.61 Å². The summed E-state index contributed by atoms with van der Waals surface area (Å²) in [6.07, 6.45) is 11.2. The van der Waals surface area contributed by atoms with Gasteiger partial charge < -0.3 is 10.0 Å². The summed E-state index contributed by atoms with van der Waals surface area (Å²) in [4.78, 5) is 2.38. The first-order chi connectivity index (χ1) is 8.29. The molecule has 17 heavy (non-hydrogen) atoms. The molecule has 2 heteroatoms. The lowest BCUT2D eigenvalue weighted by molar-refractivity contribution is 0.157. The Labute approximate surface area is 105 Å². The second-order valence-electron chi connectivity index (χ2n) is 5.43. The summed E-state index contributed by atoms with van der Waals surface area (Å²) in [7, 11) is 0. The summed E-state index contributed by atoms with van der Waals surface area (Å²) in [6.45, 7) is 5.71. The van der Waals surface area contributed by atoms with E-state index in [0.717, 1.165) is 25.6 Å². The molecule has 1 aliphatic carbocycles. The summed E-state index contributed by atoms with van der Waals surface area (Å²) < 4.78 is 0. The molecule has 0 atom stereocenters. The van der Waals surface area contributed by atoms with Gasteiger partial charge in [-0.25, -0.2) is 0 Å². The van der Waals surface area contributed by atoms with E-state index < -0.39 is 0 Å². The molecule has 0 radical (unpaired) electrons. The molecule has 0 amide bonds. The number of aliphatic hydroxyl groups is 1. The number of likely N-dealkylation sites (tertiary alicyclic amines) is 1. The van der Waals surface area contributed by atoms with Crippen molar-refractivity contribution >= 4 is 0 Å². The van der Waals surface area contributed by atoms with Crippen LogP contribution in [0, 0.1) is 5.92 Å². The minimum atomic E-state index is 0.298. The number of β-amino-alcohol motifs (C(OH)–C–C–N with tert-alkyl or cyclic N) is 1. The average Bonchev–Trinajstić information content (AvgIpc) is 2.55. The molecule has 1 heterocycles. The zero-order chi connectivity index (χ0) is 12.1. The highest BCUT2D eigenvalue weighted by Gasteiger charge is 2.21. The second kappa shape index (κ2) is 6.36. The van der Waals surface area contributed by atoms with E-state index in [4.69, 9.17) is 5.11 Å². The van der Waals surface area contributed by atoms with Crippen molar-refractivity contribution in [2.24, 2.45) is 5.92 Å². The fourth-order valence-electron chi connectivity index (χ4n) is 2.98. The van der Waals surface area contributed by atoms with Crippen LogP contribution in [0.15, 0.2) is 23.3 Å². The summed E-state index contributed by atoms with van der Waals surface area (Å²) in [6, 6.07) is 0. The van der Waals surface area contributed by atoms with Crippen LogP contribution in [0.1, 0.15) is 39.0 Å². The van der Waals surface area contributed by atoms with Crippen LogP contribution in [0.2, 0.25) is 0 Å². The zero-order valence-corrected chi connectivity index (χ0v) is 11.0. The normalized spacial score (nSPS) is 24.1. The maximum absolute atomic E-state index is 8.94. The van der Waals surface area contributed by atoms with Crippen LogP contribution in [0.3, 0.4) is 0 Å². The third kappa shape index (κ3) is 3.68. The zero-order valence-electron chi connectivity index (χ0n) is 11.0. The van der Waals surface area contributed by atoms with Gasteiger partial charge in [-0.1, -0.05) is 17.7 Å². The SMILES string of the molecule is CC1=CC(C2CCN(CCO)CC2)=CCCC1. The monoisotopic (exact) mass is 235 g/mol. The molecule has 2 nitrogen and oxygen atoms in total. The number of hydrogen-bond donors (Lipinski definition) is 1. The molecule has 0 spiro atoms. The second-order valence-corrected chi connectivity index (χ2v) is 5.43. The van der Waals surface area contributed by atoms with Crippen LogP contribution in [-0.2, 0) is 0 Å². The largest absolute Gasteiger partial charge is 0.395 e. The van der Waals surface area contributed by atoms with Crippen molar-refractivity contribution in [3.63, 3.8) is 0 Å². The van der Waals surface area contributed by atoms with Crippen molar-refractivity contribution in [3.05, 3.63) is 23.3 Å². The van der Waals surface area contributed by atoms with E-state index in [9.17, 15) is 0 Å². The van der Waals surface area contributed by atoms with Gasteiger partial charge in [-0.05, 0) is 63.6 Å². The third-order valence-corrected chi connectivity index (χ3v) is 4.04. The van der Waals surface area contributed by atoms with Crippen LogP contribution < -0.4 is 0 Å². The fourth-order valence-corrected chi connectivity index (χ4v) is 2.98. The predicted octanol–water partition coefficient (Wildman–Crippen LogP) is 2.75. The summed E-state index contributed by atoms with van der Waals surface area (Å²) in [5.74, 6) is 0.762. The van der Waals surface area contributed by atoms with Gasteiger partial charge in [0.05, 0.1) is 6.61 Å². The molecule has 0 unspecified atom stereocenters. The lowest BCUT2D eigenvalue weighted by Gasteiger charge is -2.32. The Kier molecular flexibility index (Phi) is 4.81. The third-order valence-electron chi connectivity index (χ3n) is 4.04. The Morgan fingerprint density at radius 1 is 1.35 bits per heavy atom. The molecule has 1 N–H and O–H groups in total. The van der Waals surface area contributed by atoms with Crippen LogP contribution in [-0.4, -0.2) is 36.2 Å². The first kappa shape index (κ1) is 12.8. The number of hydrogen-bond acceptors (Lipinski definition) is 2. The number of allylic oxidation sites excluding steroid dienone is 4. The maximum atomic E-state index is 8.94. The standard InChI is InChI=1S/C15H25NO/c1-13-4-2-3-5-15(12-13)14-6-8-16(9-7-14)10-11-17/h5,12,14,17H,2-4,6-11H2,1H3. The Bertz CT molecular complexity index is 298. The molecule has 2 aliphatic rings. The summed E-state index contributed by atoms with van der Waals surface area (Å²) >= 11 is 0. The summed E-state index contributed by atoms with van der Waals surface area (Å²) in [5, 5.41) is 8.94. The van der Waals surface area contributed by atoms with Crippen molar-refractivity contribution < 1.29 is 5.11 Å². The molecule has 1 saturated heterocycles. The van der Waals surface area contributed by atoms with Gasteiger partial charge in [0.15, 0.2) is 0 Å². The van der Waals surface area contributed by atoms with Crippen molar-refractivity contribution in [2.75, 3.05) is 26.2 Å². The minimum Gasteiger partial charge on any atom is -0.395 e. The molecule has 0 saturated carbocycles. The van der Waals surface area contributed by atoms with Gasteiger partial charge in [0.2, 0.25) is 0 Å². The fraction of sp³-hybridized carbons (Fsp3) is 0.733. The first-order valence-corrected chi connectivity index (χ1v) is 7.00. The van der Waals surface area contributed by atoms with Gasteiger partial charge in [0.25, 0.3) is 0 Å². The van der Waals surface area contributed by atoms with Gasteiger partial charge in [0, 0.05) is 6.54 Å². The topological polar surface area (TPSA) is 23.5 Å². The Morgan fingerprint density at radius 2 is 2.12 bits per heavy atom. The van der Waals surface area contributed by atoms with Crippen molar-refractivity contribution in [3.8, 4) is 0 Å². The lowest BCUT2D eigenvalue weighted by atomic mass is 9.88. The van der Waals surface area contributed by atoms with Crippen molar-refractivity contribution in [1.82, 2.24) is 4.90 Å². The van der Waals surface area contributed by atoms with Gasteiger partial charge in [-0.2, -0.15) is 0 Å². The smallest absolute Gasteiger partial charge is 0.0558 e. The molecule has 0 aromatic heterocycles. The highest BCUT2D eigenvalue weighted by Crippen LogP contribution is 2.29. The Hall–Kier alpha value is -0.600. The molecule has 1 fully saturated rings. The van der Waals surface area contributed by atoms with Crippen LogP contribution in [0.25, 0.3) is 0 Å². The maximum Gasteiger partial charge on any atom is 0.0558 e. The Morgan fingerprint density at radius 3 is 2.82 bits per heavy atom. The van der Waals surface area contributed by atoms with Crippen molar-refractivity contribution in [2.45, 2.75) is 39.0 Å². The average molecular weight is 235 g/mol. The van der Waals surface area contributed by atoms with Gasteiger partial charge in [-0.15, -0.1) is 0 Å². The summed E-state index contributed by atoms with van der Waals surface area (Å²) in [5.41, 5.74) is 3.13. The highest BCUT2D eigenvalue weighted by atomic mass is 16.3. The lowest BCUT2D eigenvalue weighted by Crippen LogP contribution is -2.35. The van der Waals surface area contributed by atoms with E-state index in [1.807, 2.05) is 0 Å². The van der Waals surface area contributed by atoms with Gasteiger partial charge in [-0.3, -0.25) is 0 Å². The molecular formula is C15H25NO. The van der Waals surface area contributed by atoms with E-state index in [1.165, 1.54) is 32.1 Å². The van der Waals surface area contributed by atoms with E-state index in [-0.39, 0.29) is 0 Å². The number of piperidine rings is 1. The highest BCUT2D eigenvalue weighted by molar-refractivity contribution is 5.27. The molecular weight excluding hydrogens is 210 g/mol. The first-order valence-electron chi connectivity index (χ1n) is 7.00. The van der Waals surface area contributed by atoms with Crippen LogP contribution in [0.4, 0.5) is 0 Å². The molecule has 0 aromatic carbocycles. The van der Waals surface area contributed by atoms with Gasteiger partial charge >= 0.3 is 0 Å². The molecule has 0 bridgehead atoms. The molecule has 96 valence electrons. The van der Waals surface area contributed by atoms with Crippen LogP contribution in [0.5, 0.6) is 0 Å². The number of aliphatic hydroxyl groups excluding tert-OH is 1.